The van der Waals surface area contributed by atoms with E-state index in [1.165, 1.54) is 24.0 Å². The van der Waals surface area contributed by atoms with Crippen LogP contribution >= 0.6 is 0 Å². The lowest BCUT2D eigenvalue weighted by Crippen LogP contribution is -2.59. The fraction of sp³-hybridized carbons (Fsp3) is 0.500. The average Bonchev–Trinajstić information content (AvgIpc) is 3.12. The molecule has 0 radical (unpaired) electrons. The van der Waals surface area contributed by atoms with Gasteiger partial charge in [0.05, 0.1) is 0 Å². The second-order valence-corrected chi connectivity index (χ2v) is 5.31. The maximum Gasteiger partial charge on any atom is 0.238 e. The van der Waals surface area contributed by atoms with Gasteiger partial charge >= 0.3 is 0 Å². The van der Waals surface area contributed by atoms with Crippen molar-refractivity contribution in [2.24, 2.45) is 5.73 Å². The van der Waals surface area contributed by atoms with Crippen molar-refractivity contribution >= 4 is 5.91 Å². The van der Waals surface area contributed by atoms with Crippen LogP contribution in [0.5, 0.6) is 0 Å². The molecule has 17 heavy (non-hydrogen) atoms. The molecule has 1 aromatic carbocycles. The minimum atomic E-state index is -0.504. The summed E-state index contributed by atoms with van der Waals surface area (Å²) in [7, 11) is 0. The number of rotatable bonds is 3. The van der Waals surface area contributed by atoms with Crippen LogP contribution in [0.4, 0.5) is 0 Å². The maximum atomic E-state index is 11.8. The molecule has 0 aromatic heterocycles. The van der Waals surface area contributed by atoms with Crippen molar-refractivity contribution in [1.29, 1.82) is 0 Å². The van der Waals surface area contributed by atoms with Crippen molar-refractivity contribution in [3.05, 3.63) is 35.4 Å². The van der Waals surface area contributed by atoms with Gasteiger partial charge < -0.3 is 11.1 Å². The van der Waals surface area contributed by atoms with Gasteiger partial charge in [0.1, 0.15) is 5.54 Å². The average molecular weight is 230 g/mol. The fourth-order valence-electron chi connectivity index (χ4n) is 2.76. The summed E-state index contributed by atoms with van der Waals surface area (Å²) in [5, 5.41) is 3.47. The number of fused-ring (bicyclic) bond motifs is 1. The molecule has 0 heterocycles. The second kappa shape index (κ2) is 3.84. The van der Waals surface area contributed by atoms with Crippen LogP contribution in [0.15, 0.2) is 24.3 Å². The molecule has 2 aliphatic rings. The third-order valence-electron chi connectivity index (χ3n) is 3.96. The largest absolute Gasteiger partial charge is 0.368 e. The highest BCUT2D eigenvalue weighted by Crippen LogP contribution is 2.32. The number of nitrogens with one attached hydrogen (secondary N) is 1. The van der Waals surface area contributed by atoms with Crippen molar-refractivity contribution < 1.29 is 4.79 Å². The van der Waals surface area contributed by atoms with E-state index in [0.717, 1.165) is 19.3 Å². The van der Waals surface area contributed by atoms with E-state index < -0.39 is 5.54 Å². The molecule has 1 saturated carbocycles. The van der Waals surface area contributed by atoms with Crippen LogP contribution < -0.4 is 11.1 Å². The smallest absolute Gasteiger partial charge is 0.238 e. The lowest BCUT2D eigenvalue weighted by molar-refractivity contribution is -0.125. The van der Waals surface area contributed by atoms with E-state index in [-0.39, 0.29) is 5.91 Å². The summed E-state index contributed by atoms with van der Waals surface area (Å²) in [6.45, 7) is 0. The first-order chi connectivity index (χ1) is 8.20. The van der Waals surface area contributed by atoms with E-state index in [2.05, 4.69) is 23.5 Å². The Kier molecular flexibility index (Phi) is 2.44. The minimum absolute atomic E-state index is 0.195. The summed E-state index contributed by atoms with van der Waals surface area (Å²) in [6, 6.07) is 8.86. The summed E-state index contributed by atoms with van der Waals surface area (Å²) in [4.78, 5) is 11.8. The van der Waals surface area contributed by atoms with Gasteiger partial charge in [-0.25, -0.2) is 0 Å². The summed E-state index contributed by atoms with van der Waals surface area (Å²) in [6.07, 6.45) is 4.87. The van der Waals surface area contributed by atoms with Crippen molar-refractivity contribution in [3.8, 4) is 0 Å². The fourth-order valence-corrected chi connectivity index (χ4v) is 2.76. The van der Waals surface area contributed by atoms with Gasteiger partial charge in [0.2, 0.25) is 5.91 Å². The van der Waals surface area contributed by atoms with Gasteiger partial charge in [-0.15, -0.1) is 0 Å². The highest BCUT2D eigenvalue weighted by molar-refractivity contribution is 5.85. The molecule has 3 nitrogen and oxygen atoms in total. The van der Waals surface area contributed by atoms with Crippen LogP contribution in [-0.2, 0) is 17.6 Å². The zero-order valence-corrected chi connectivity index (χ0v) is 9.91. The van der Waals surface area contributed by atoms with Gasteiger partial charge in [-0.05, 0) is 43.2 Å². The molecule has 0 saturated heterocycles. The van der Waals surface area contributed by atoms with Gasteiger partial charge in [0, 0.05) is 6.04 Å². The van der Waals surface area contributed by atoms with Crippen LogP contribution in [0.2, 0.25) is 0 Å². The van der Waals surface area contributed by atoms with E-state index >= 15 is 0 Å². The van der Waals surface area contributed by atoms with E-state index in [1.54, 1.807) is 0 Å². The van der Waals surface area contributed by atoms with E-state index in [9.17, 15) is 4.79 Å². The van der Waals surface area contributed by atoms with Gasteiger partial charge in [-0.1, -0.05) is 24.3 Å². The molecule has 1 amide bonds. The lowest BCUT2D eigenvalue weighted by Gasteiger charge is -2.36. The summed E-state index contributed by atoms with van der Waals surface area (Å²) >= 11 is 0. The maximum absolute atomic E-state index is 11.8. The molecule has 3 heteroatoms. The van der Waals surface area contributed by atoms with Gasteiger partial charge in [0.15, 0.2) is 0 Å². The highest BCUT2D eigenvalue weighted by Gasteiger charge is 2.43. The second-order valence-electron chi connectivity index (χ2n) is 5.31. The topological polar surface area (TPSA) is 55.1 Å². The van der Waals surface area contributed by atoms with Crippen molar-refractivity contribution in [3.63, 3.8) is 0 Å². The Morgan fingerprint density at radius 2 is 2.00 bits per heavy atom. The van der Waals surface area contributed by atoms with E-state index in [1.807, 2.05) is 6.07 Å². The predicted molar refractivity (Wildman–Crippen MR) is 66.6 cm³/mol. The highest BCUT2D eigenvalue weighted by atomic mass is 16.1. The third-order valence-corrected chi connectivity index (χ3v) is 3.96. The normalized spacial score (nSPS) is 27.5. The monoisotopic (exact) mass is 230 g/mol. The van der Waals surface area contributed by atoms with Gasteiger partial charge in [-0.2, -0.15) is 0 Å². The molecule has 3 N–H and O–H groups in total. The Bertz CT molecular complexity index is 453. The molecule has 2 aliphatic carbocycles. The molecular formula is C14H18N2O. The van der Waals surface area contributed by atoms with Crippen LogP contribution in [0, 0.1) is 0 Å². The zero-order valence-electron chi connectivity index (χ0n) is 9.91. The summed E-state index contributed by atoms with van der Waals surface area (Å²) in [5.74, 6) is -0.195. The third kappa shape index (κ3) is 1.95. The Labute approximate surface area is 101 Å². The van der Waals surface area contributed by atoms with Crippen molar-refractivity contribution in [2.75, 3.05) is 0 Å². The number of primary amides is 1. The molecule has 0 spiro atoms. The number of carbonyl (C=O) groups is 1. The number of amides is 1. The standard InChI is InChI=1S/C14H18N2O/c15-13(17)14(16-12-5-6-12)8-7-10-3-1-2-4-11(10)9-14/h1-4,12,16H,5-9H2,(H2,15,17). The summed E-state index contributed by atoms with van der Waals surface area (Å²) < 4.78 is 0. The predicted octanol–water partition coefficient (Wildman–Crippen LogP) is 1.15. The first-order valence-corrected chi connectivity index (χ1v) is 6.34. The van der Waals surface area contributed by atoms with Crippen LogP contribution in [0.25, 0.3) is 0 Å². The van der Waals surface area contributed by atoms with Crippen molar-refractivity contribution in [1.82, 2.24) is 5.32 Å². The van der Waals surface area contributed by atoms with Crippen LogP contribution in [0.3, 0.4) is 0 Å². The Morgan fingerprint density at radius 1 is 1.29 bits per heavy atom. The van der Waals surface area contributed by atoms with E-state index in [0.29, 0.717) is 6.04 Å². The Balaban J connectivity index is 1.89. The Morgan fingerprint density at radius 3 is 2.65 bits per heavy atom. The first kappa shape index (κ1) is 10.8. The number of hydrogen-bond acceptors (Lipinski definition) is 2. The van der Waals surface area contributed by atoms with Crippen molar-refractivity contribution in [2.45, 2.75) is 43.7 Å². The quantitative estimate of drug-likeness (QED) is 0.818. The number of hydrogen-bond donors (Lipinski definition) is 2. The number of carbonyl (C=O) groups excluding carboxylic acids is 1. The molecule has 0 bridgehead atoms. The molecule has 1 aromatic rings. The molecule has 90 valence electrons. The molecule has 3 rings (SSSR count). The number of benzene rings is 1. The molecular weight excluding hydrogens is 212 g/mol. The number of aryl methyl sites for hydroxylation is 1. The Hall–Kier alpha value is -1.35. The van der Waals surface area contributed by atoms with Crippen LogP contribution in [-0.4, -0.2) is 17.5 Å². The molecule has 1 unspecified atom stereocenters. The molecule has 1 fully saturated rings. The minimum Gasteiger partial charge on any atom is -0.368 e. The number of nitrogens with two attached hydrogens (primary N) is 1. The van der Waals surface area contributed by atoms with Gasteiger partial charge in [0.25, 0.3) is 0 Å². The van der Waals surface area contributed by atoms with Gasteiger partial charge in [-0.3, -0.25) is 4.79 Å². The van der Waals surface area contributed by atoms with Crippen LogP contribution in [0.1, 0.15) is 30.4 Å². The van der Waals surface area contributed by atoms with E-state index in [4.69, 9.17) is 5.73 Å². The summed E-state index contributed by atoms with van der Waals surface area (Å²) in [5.41, 5.74) is 7.76. The SMILES string of the molecule is NC(=O)C1(NC2CC2)CCc2ccccc2C1. The molecule has 0 aliphatic heterocycles. The first-order valence-electron chi connectivity index (χ1n) is 6.34. The zero-order chi connectivity index (χ0) is 11.9. The lowest BCUT2D eigenvalue weighted by atomic mass is 9.77. The molecule has 1 atom stereocenters.